The van der Waals surface area contributed by atoms with Gasteiger partial charge in [-0.1, -0.05) is 0 Å². The van der Waals surface area contributed by atoms with Gasteiger partial charge >= 0.3 is 0 Å². The zero-order valence-corrected chi connectivity index (χ0v) is 10.2. The SMILES string of the molecule is C#CCCCCNS(=O)(=O)c1ccc(O)cc1. The van der Waals surface area contributed by atoms with E-state index in [2.05, 4.69) is 10.6 Å². The molecule has 5 heteroatoms. The summed E-state index contributed by atoms with van der Waals surface area (Å²) in [7, 11) is -3.48. The average molecular weight is 253 g/mol. The lowest BCUT2D eigenvalue weighted by molar-refractivity contribution is 0.474. The second-order valence-corrected chi connectivity index (χ2v) is 5.32. The van der Waals surface area contributed by atoms with Crippen molar-refractivity contribution in [1.29, 1.82) is 0 Å². The summed E-state index contributed by atoms with van der Waals surface area (Å²) in [5.74, 6) is 2.54. The minimum Gasteiger partial charge on any atom is -0.508 e. The van der Waals surface area contributed by atoms with Gasteiger partial charge in [-0.2, -0.15) is 0 Å². The van der Waals surface area contributed by atoms with Gasteiger partial charge in [-0.3, -0.25) is 0 Å². The summed E-state index contributed by atoms with van der Waals surface area (Å²) in [5.41, 5.74) is 0. The number of unbranched alkanes of at least 4 members (excludes halogenated alkanes) is 2. The van der Waals surface area contributed by atoms with E-state index in [9.17, 15) is 8.42 Å². The van der Waals surface area contributed by atoms with E-state index in [0.717, 1.165) is 6.42 Å². The van der Waals surface area contributed by atoms with Crippen LogP contribution in [0.2, 0.25) is 0 Å². The van der Waals surface area contributed by atoms with Crippen LogP contribution in [0.4, 0.5) is 0 Å². The Morgan fingerprint density at radius 1 is 1.24 bits per heavy atom. The predicted molar refractivity (Wildman–Crippen MR) is 66.0 cm³/mol. The first-order valence-electron chi connectivity index (χ1n) is 5.28. The van der Waals surface area contributed by atoms with Crippen LogP contribution in [0.5, 0.6) is 5.75 Å². The number of terminal acetylenes is 1. The lowest BCUT2D eigenvalue weighted by atomic mass is 10.2. The van der Waals surface area contributed by atoms with Crippen LogP contribution in [-0.4, -0.2) is 20.1 Å². The van der Waals surface area contributed by atoms with Crippen molar-refractivity contribution >= 4 is 10.0 Å². The molecule has 0 aromatic heterocycles. The molecule has 0 aliphatic carbocycles. The van der Waals surface area contributed by atoms with Gasteiger partial charge < -0.3 is 5.11 Å². The molecule has 0 heterocycles. The fourth-order valence-corrected chi connectivity index (χ4v) is 2.34. The first kappa shape index (κ1) is 13.6. The predicted octanol–water partition coefficient (Wildman–Crippen LogP) is 1.47. The first-order chi connectivity index (χ1) is 8.06. The molecule has 0 fully saturated rings. The van der Waals surface area contributed by atoms with E-state index in [1.165, 1.54) is 24.3 Å². The molecule has 0 radical (unpaired) electrons. The minimum atomic E-state index is -3.48. The summed E-state index contributed by atoms with van der Waals surface area (Å²) in [6.45, 7) is 0.366. The molecule has 17 heavy (non-hydrogen) atoms. The molecular formula is C12H15NO3S. The van der Waals surface area contributed by atoms with Crippen LogP contribution in [0.1, 0.15) is 19.3 Å². The number of nitrogens with one attached hydrogen (secondary N) is 1. The topological polar surface area (TPSA) is 66.4 Å². The Labute approximate surface area is 102 Å². The summed E-state index contributed by atoms with van der Waals surface area (Å²) in [6.07, 6.45) is 7.25. The maximum atomic E-state index is 11.7. The van der Waals surface area contributed by atoms with Gasteiger partial charge in [0.1, 0.15) is 5.75 Å². The van der Waals surface area contributed by atoms with Crippen LogP contribution in [0, 0.1) is 12.3 Å². The highest BCUT2D eigenvalue weighted by Crippen LogP contribution is 2.13. The van der Waals surface area contributed by atoms with Crippen LogP contribution >= 0.6 is 0 Å². The van der Waals surface area contributed by atoms with Crippen molar-refractivity contribution in [1.82, 2.24) is 4.72 Å². The van der Waals surface area contributed by atoms with Crippen molar-refractivity contribution in [2.75, 3.05) is 6.54 Å². The van der Waals surface area contributed by atoms with Gasteiger partial charge in [0, 0.05) is 13.0 Å². The maximum Gasteiger partial charge on any atom is 0.240 e. The molecular weight excluding hydrogens is 238 g/mol. The van der Waals surface area contributed by atoms with Crippen molar-refractivity contribution in [3.05, 3.63) is 24.3 Å². The van der Waals surface area contributed by atoms with Crippen LogP contribution < -0.4 is 4.72 Å². The Kier molecular flexibility index (Phi) is 5.01. The van der Waals surface area contributed by atoms with Gasteiger partial charge in [-0.25, -0.2) is 13.1 Å². The minimum absolute atomic E-state index is 0.0398. The standard InChI is InChI=1S/C12H15NO3S/c1-2-3-4-5-10-13-17(15,16)12-8-6-11(14)7-9-12/h1,6-9,13-14H,3-5,10H2. The molecule has 1 aromatic carbocycles. The summed E-state index contributed by atoms with van der Waals surface area (Å²) in [6, 6.07) is 5.40. The van der Waals surface area contributed by atoms with E-state index >= 15 is 0 Å². The largest absolute Gasteiger partial charge is 0.508 e. The van der Waals surface area contributed by atoms with E-state index in [-0.39, 0.29) is 10.6 Å². The van der Waals surface area contributed by atoms with Gasteiger partial charge in [0.05, 0.1) is 4.90 Å². The van der Waals surface area contributed by atoms with Crippen LogP contribution in [0.25, 0.3) is 0 Å². The average Bonchev–Trinajstić information content (AvgIpc) is 2.29. The van der Waals surface area contributed by atoms with Crippen LogP contribution in [0.15, 0.2) is 29.2 Å². The summed E-state index contributed by atoms with van der Waals surface area (Å²) in [4.78, 5) is 0.146. The fraction of sp³-hybridized carbons (Fsp3) is 0.333. The summed E-state index contributed by atoms with van der Waals surface area (Å²) < 4.78 is 26.0. The molecule has 1 aromatic rings. The van der Waals surface area contributed by atoms with Crippen molar-refractivity contribution in [2.24, 2.45) is 0 Å². The molecule has 0 saturated carbocycles. The molecule has 0 bridgehead atoms. The van der Waals surface area contributed by atoms with Crippen molar-refractivity contribution in [2.45, 2.75) is 24.2 Å². The highest BCUT2D eigenvalue weighted by Gasteiger charge is 2.12. The lowest BCUT2D eigenvalue weighted by Gasteiger charge is -2.06. The smallest absolute Gasteiger partial charge is 0.240 e. The van der Waals surface area contributed by atoms with E-state index < -0.39 is 10.0 Å². The highest BCUT2D eigenvalue weighted by molar-refractivity contribution is 7.89. The van der Waals surface area contributed by atoms with E-state index in [1.54, 1.807) is 0 Å². The highest BCUT2D eigenvalue weighted by atomic mass is 32.2. The molecule has 1 rings (SSSR count). The second-order valence-electron chi connectivity index (χ2n) is 3.55. The molecule has 0 aliphatic heterocycles. The van der Waals surface area contributed by atoms with Gasteiger partial charge in [0.15, 0.2) is 0 Å². The number of hydrogen-bond donors (Lipinski definition) is 2. The monoisotopic (exact) mass is 253 g/mol. The molecule has 0 atom stereocenters. The third-order valence-electron chi connectivity index (χ3n) is 2.19. The van der Waals surface area contributed by atoms with Crippen molar-refractivity contribution < 1.29 is 13.5 Å². The van der Waals surface area contributed by atoms with E-state index in [4.69, 9.17) is 11.5 Å². The number of rotatable bonds is 6. The quantitative estimate of drug-likeness (QED) is 0.596. The molecule has 0 amide bonds. The van der Waals surface area contributed by atoms with Crippen LogP contribution in [-0.2, 0) is 10.0 Å². The maximum absolute atomic E-state index is 11.7. The Morgan fingerprint density at radius 2 is 1.88 bits per heavy atom. The first-order valence-corrected chi connectivity index (χ1v) is 6.77. The number of phenolic OH excluding ortho intramolecular Hbond substituents is 1. The van der Waals surface area contributed by atoms with Crippen molar-refractivity contribution in [3.8, 4) is 18.1 Å². The Hall–Kier alpha value is -1.51. The lowest BCUT2D eigenvalue weighted by Crippen LogP contribution is -2.24. The zero-order valence-electron chi connectivity index (χ0n) is 9.39. The Balaban J connectivity index is 2.52. The van der Waals surface area contributed by atoms with Crippen molar-refractivity contribution in [3.63, 3.8) is 0 Å². The number of phenols is 1. The Bertz CT molecular complexity index is 485. The molecule has 92 valence electrons. The molecule has 0 unspecified atom stereocenters. The number of hydrogen-bond acceptors (Lipinski definition) is 3. The molecule has 0 aliphatic rings. The molecule has 4 nitrogen and oxygen atoms in total. The molecule has 0 spiro atoms. The normalized spacial score (nSPS) is 11.0. The summed E-state index contributed by atoms with van der Waals surface area (Å²) in [5, 5.41) is 9.06. The second kappa shape index (κ2) is 6.28. The van der Waals surface area contributed by atoms with Gasteiger partial charge in [0.25, 0.3) is 0 Å². The molecule has 2 N–H and O–H groups in total. The molecule has 0 saturated heterocycles. The van der Waals surface area contributed by atoms with Gasteiger partial charge in [-0.15, -0.1) is 12.3 Å². The Morgan fingerprint density at radius 3 is 2.47 bits per heavy atom. The zero-order chi connectivity index (χ0) is 12.7. The number of benzene rings is 1. The van der Waals surface area contributed by atoms with E-state index in [0.29, 0.717) is 19.4 Å². The fourth-order valence-electron chi connectivity index (χ4n) is 1.27. The van der Waals surface area contributed by atoms with E-state index in [1.807, 2.05) is 0 Å². The third-order valence-corrected chi connectivity index (χ3v) is 3.66. The number of aromatic hydroxyl groups is 1. The number of sulfonamides is 1. The van der Waals surface area contributed by atoms with Gasteiger partial charge in [-0.05, 0) is 37.1 Å². The van der Waals surface area contributed by atoms with Gasteiger partial charge in [0.2, 0.25) is 10.0 Å². The summed E-state index contributed by atoms with van der Waals surface area (Å²) >= 11 is 0. The van der Waals surface area contributed by atoms with Crippen LogP contribution in [0.3, 0.4) is 0 Å². The third kappa shape index (κ3) is 4.47.